The van der Waals surface area contributed by atoms with Crippen LogP contribution in [0.2, 0.25) is 5.02 Å². The van der Waals surface area contributed by atoms with Crippen LogP contribution in [0.15, 0.2) is 24.3 Å². The van der Waals surface area contributed by atoms with Gasteiger partial charge in [0.25, 0.3) is 0 Å². The summed E-state index contributed by atoms with van der Waals surface area (Å²) in [6.45, 7) is 5.50. The summed E-state index contributed by atoms with van der Waals surface area (Å²) in [5.74, 6) is -3.39. The Morgan fingerprint density at radius 3 is 1.96 bits per heavy atom. The number of benzene rings is 1. The molecule has 1 aliphatic heterocycles. The topological polar surface area (TPSA) is 115 Å². The van der Waals surface area contributed by atoms with Gasteiger partial charge >= 0.3 is 11.9 Å². The molecular formula is C16H23ClN2O6S. The molecule has 1 aliphatic rings. The molecule has 1 fully saturated rings. The fourth-order valence-electron chi connectivity index (χ4n) is 2.40. The smallest absolute Gasteiger partial charge is 0.414 e. The van der Waals surface area contributed by atoms with Crippen molar-refractivity contribution in [3.05, 3.63) is 34.9 Å². The molecule has 146 valence electrons. The van der Waals surface area contributed by atoms with E-state index in [1.165, 1.54) is 5.56 Å². The van der Waals surface area contributed by atoms with Crippen molar-refractivity contribution in [1.82, 2.24) is 9.21 Å². The number of carboxylic acid groups (broad SMARTS) is 2. The Balaban J connectivity index is 0.000000487. The maximum absolute atomic E-state index is 12.0. The van der Waals surface area contributed by atoms with Gasteiger partial charge in [0.05, 0.1) is 5.75 Å². The van der Waals surface area contributed by atoms with Crippen molar-refractivity contribution >= 4 is 33.6 Å². The Labute approximate surface area is 158 Å². The van der Waals surface area contributed by atoms with Gasteiger partial charge in [0.2, 0.25) is 10.0 Å². The summed E-state index contributed by atoms with van der Waals surface area (Å²) >= 11 is 5.87. The molecule has 1 saturated heterocycles. The summed E-state index contributed by atoms with van der Waals surface area (Å²) in [6.07, 6.45) is 0.674. The number of hydrogen-bond donors (Lipinski definition) is 2. The zero-order valence-electron chi connectivity index (χ0n) is 14.5. The fourth-order valence-corrected chi connectivity index (χ4v) is 4.02. The van der Waals surface area contributed by atoms with E-state index in [4.69, 9.17) is 31.4 Å². The number of nitrogens with zero attached hydrogens (tertiary/aromatic N) is 2. The first kappa shape index (κ1) is 22.4. The zero-order valence-corrected chi connectivity index (χ0v) is 16.0. The van der Waals surface area contributed by atoms with Gasteiger partial charge in [0.15, 0.2) is 0 Å². The minimum atomic E-state index is -3.05. The van der Waals surface area contributed by atoms with E-state index in [1.807, 2.05) is 31.2 Å². The Kier molecular flexibility index (Phi) is 9.00. The highest BCUT2D eigenvalue weighted by Crippen LogP contribution is 2.14. The highest BCUT2D eigenvalue weighted by molar-refractivity contribution is 7.89. The predicted octanol–water partition coefficient (Wildman–Crippen LogP) is 1.35. The summed E-state index contributed by atoms with van der Waals surface area (Å²) in [4.78, 5) is 20.5. The molecule has 26 heavy (non-hydrogen) atoms. The van der Waals surface area contributed by atoms with Crippen molar-refractivity contribution < 1.29 is 28.2 Å². The lowest BCUT2D eigenvalue weighted by Crippen LogP contribution is -2.48. The molecular weight excluding hydrogens is 384 g/mol. The highest BCUT2D eigenvalue weighted by atomic mass is 35.5. The largest absolute Gasteiger partial charge is 0.473 e. The number of hydrogen-bond acceptors (Lipinski definition) is 5. The molecule has 1 aromatic carbocycles. The molecule has 0 amide bonds. The molecule has 2 rings (SSSR count). The van der Waals surface area contributed by atoms with Gasteiger partial charge in [-0.15, -0.1) is 0 Å². The first-order valence-electron chi connectivity index (χ1n) is 8.06. The van der Waals surface area contributed by atoms with Crippen molar-refractivity contribution in [2.75, 3.05) is 31.9 Å². The average molecular weight is 407 g/mol. The van der Waals surface area contributed by atoms with E-state index in [2.05, 4.69) is 4.90 Å². The maximum Gasteiger partial charge on any atom is 0.414 e. The molecule has 1 aromatic rings. The number of piperazine rings is 1. The molecule has 2 N–H and O–H groups in total. The SMILES string of the molecule is CCCS(=O)(=O)N1CCN(Cc2ccc(Cl)cc2)CC1.O=C(O)C(=O)O. The van der Waals surface area contributed by atoms with Crippen LogP contribution in [0.25, 0.3) is 0 Å². The van der Waals surface area contributed by atoms with Crippen LogP contribution in [-0.4, -0.2) is 71.7 Å². The number of halogens is 1. The number of aliphatic carboxylic acids is 2. The molecule has 8 nitrogen and oxygen atoms in total. The van der Waals surface area contributed by atoms with Gasteiger partial charge in [-0.1, -0.05) is 30.7 Å². The van der Waals surface area contributed by atoms with Gasteiger partial charge in [0.1, 0.15) is 0 Å². The van der Waals surface area contributed by atoms with Crippen LogP contribution in [0.5, 0.6) is 0 Å². The number of sulfonamides is 1. The standard InChI is InChI=1S/C14H21ClN2O2S.C2H2O4/c1-2-11-20(18,19)17-9-7-16(8-10-17)12-13-3-5-14(15)6-4-13;3-1(4)2(5)6/h3-6H,2,7-12H2,1H3;(H,3,4)(H,5,6). The summed E-state index contributed by atoms with van der Waals surface area (Å²) in [5, 5.41) is 15.5. The number of carboxylic acids is 2. The molecule has 0 aliphatic carbocycles. The lowest BCUT2D eigenvalue weighted by Gasteiger charge is -2.34. The van der Waals surface area contributed by atoms with Crippen molar-refractivity contribution in [3.8, 4) is 0 Å². The summed E-state index contributed by atoms with van der Waals surface area (Å²) < 4.78 is 25.6. The van der Waals surface area contributed by atoms with Crippen molar-refractivity contribution in [2.45, 2.75) is 19.9 Å². The third kappa shape index (κ3) is 7.69. The third-order valence-electron chi connectivity index (χ3n) is 3.69. The lowest BCUT2D eigenvalue weighted by molar-refractivity contribution is -0.159. The van der Waals surface area contributed by atoms with Crippen LogP contribution < -0.4 is 0 Å². The molecule has 0 atom stereocenters. The molecule has 10 heteroatoms. The van der Waals surface area contributed by atoms with E-state index in [0.29, 0.717) is 19.5 Å². The number of carbonyl (C=O) groups is 2. The zero-order chi connectivity index (χ0) is 19.7. The third-order valence-corrected chi connectivity index (χ3v) is 6.02. The predicted molar refractivity (Wildman–Crippen MR) is 97.7 cm³/mol. The van der Waals surface area contributed by atoms with Gasteiger partial charge in [-0.25, -0.2) is 18.0 Å². The van der Waals surface area contributed by atoms with Crippen LogP contribution in [0, 0.1) is 0 Å². The van der Waals surface area contributed by atoms with Crippen LogP contribution in [-0.2, 0) is 26.2 Å². The first-order chi connectivity index (χ1) is 12.2. The van der Waals surface area contributed by atoms with Gasteiger partial charge in [0, 0.05) is 37.7 Å². The van der Waals surface area contributed by atoms with E-state index in [0.717, 1.165) is 24.7 Å². The first-order valence-corrected chi connectivity index (χ1v) is 10.0. The van der Waals surface area contributed by atoms with Crippen LogP contribution in [0.4, 0.5) is 0 Å². The molecule has 0 saturated carbocycles. The Hall–Kier alpha value is -1.68. The van der Waals surface area contributed by atoms with Gasteiger partial charge in [-0.2, -0.15) is 4.31 Å². The molecule has 0 aromatic heterocycles. The molecule has 0 unspecified atom stereocenters. The normalized spacial score (nSPS) is 15.8. The second kappa shape index (κ2) is 10.5. The Bertz CT molecular complexity index is 688. The molecule has 0 spiro atoms. The summed E-state index contributed by atoms with van der Waals surface area (Å²) in [6, 6.07) is 7.81. The minimum Gasteiger partial charge on any atom is -0.473 e. The van der Waals surface area contributed by atoms with Gasteiger partial charge in [-0.05, 0) is 24.1 Å². The number of rotatable bonds is 5. The molecule has 0 radical (unpaired) electrons. The fraction of sp³-hybridized carbons (Fsp3) is 0.500. The molecule has 0 bridgehead atoms. The highest BCUT2D eigenvalue weighted by Gasteiger charge is 2.25. The maximum atomic E-state index is 12.0. The Morgan fingerprint density at radius 1 is 1.04 bits per heavy atom. The Morgan fingerprint density at radius 2 is 1.54 bits per heavy atom. The monoisotopic (exact) mass is 406 g/mol. The van der Waals surface area contributed by atoms with Crippen molar-refractivity contribution in [3.63, 3.8) is 0 Å². The summed E-state index contributed by atoms with van der Waals surface area (Å²) in [5.41, 5.74) is 1.21. The van der Waals surface area contributed by atoms with Crippen LogP contribution >= 0.6 is 11.6 Å². The van der Waals surface area contributed by atoms with E-state index >= 15 is 0 Å². The van der Waals surface area contributed by atoms with E-state index in [1.54, 1.807) is 4.31 Å². The van der Waals surface area contributed by atoms with E-state index in [-0.39, 0.29) is 5.75 Å². The van der Waals surface area contributed by atoms with Gasteiger partial charge in [-0.3, -0.25) is 4.90 Å². The second-order valence-electron chi connectivity index (χ2n) is 5.73. The lowest BCUT2D eigenvalue weighted by atomic mass is 10.2. The quantitative estimate of drug-likeness (QED) is 0.709. The van der Waals surface area contributed by atoms with E-state index in [9.17, 15) is 8.42 Å². The van der Waals surface area contributed by atoms with Crippen molar-refractivity contribution in [1.29, 1.82) is 0 Å². The van der Waals surface area contributed by atoms with Crippen LogP contribution in [0.3, 0.4) is 0 Å². The minimum absolute atomic E-state index is 0.254. The van der Waals surface area contributed by atoms with Crippen LogP contribution in [0.1, 0.15) is 18.9 Å². The average Bonchev–Trinajstić information content (AvgIpc) is 2.58. The van der Waals surface area contributed by atoms with Gasteiger partial charge < -0.3 is 10.2 Å². The second-order valence-corrected chi connectivity index (χ2v) is 8.25. The van der Waals surface area contributed by atoms with Crippen molar-refractivity contribution in [2.24, 2.45) is 0 Å². The molecule has 1 heterocycles. The summed E-state index contributed by atoms with van der Waals surface area (Å²) in [7, 11) is -3.05. The van der Waals surface area contributed by atoms with E-state index < -0.39 is 22.0 Å².